The lowest BCUT2D eigenvalue weighted by molar-refractivity contribution is -0.137. The third-order valence-corrected chi connectivity index (χ3v) is 2.78. The summed E-state index contributed by atoms with van der Waals surface area (Å²) >= 11 is 0. The van der Waals surface area contributed by atoms with Crippen molar-refractivity contribution >= 4 is 11.6 Å². The molecule has 0 aromatic rings. The molecule has 0 saturated heterocycles. The van der Waals surface area contributed by atoms with Crippen LogP contribution in [0.2, 0.25) is 0 Å². The fraction of sp³-hybridized carbons (Fsp3) is 0.500. The highest BCUT2D eigenvalue weighted by Gasteiger charge is 2.39. The van der Waals surface area contributed by atoms with Crippen LogP contribution in [0.15, 0.2) is 24.3 Å². The fourth-order valence-corrected chi connectivity index (χ4v) is 1.90. The first-order chi connectivity index (χ1) is 7.49. The first-order valence-corrected chi connectivity index (χ1v) is 5.20. The molecule has 4 atom stereocenters. The van der Waals surface area contributed by atoms with Crippen LogP contribution in [0.3, 0.4) is 0 Å². The predicted molar refractivity (Wildman–Crippen MR) is 58.6 cm³/mol. The van der Waals surface area contributed by atoms with Crippen molar-refractivity contribution in [2.75, 3.05) is 0 Å². The molecule has 1 aliphatic rings. The molecule has 4 nitrogen and oxygen atoms in total. The molecule has 88 valence electrons. The number of Topliss-reactive ketones (excluding diaryl/α,β-unsaturated/α-hetero) is 1. The van der Waals surface area contributed by atoms with Crippen molar-refractivity contribution in [3.8, 4) is 0 Å². The Labute approximate surface area is 94.3 Å². The summed E-state index contributed by atoms with van der Waals surface area (Å²) in [6.07, 6.45) is 3.78. The standard InChI is InChI=1S/C12H16O4/c1-3-4-8-5-6-9(14)12(16)10(8)11(15)7(2)13/h3-6,8,10-12,15-16H,1-2H3/b4-3+/t8-,10-,11+,12+/m1/s1. The van der Waals surface area contributed by atoms with E-state index in [0.717, 1.165) is 0 Å². The number of allylic oxidation sites excluding steroid dienone is 3. The minimum Gasteiger partial charge on any atom is -0.385 e. The van der Waals surface area contributed by atoms with Crippen LogP contribution in [0, 0.1) is 11.8 Å². The molecule has 0 aliphatic heterocycles. The number of hydrogen-bond donors (Lipinski definition) is 2. The van der Waals surface area contributed by atoms with Gasteiger partial charge in [0.2, 0.25) is 0 Å². The topological polar surface area (TPSA) is 74.6 Å². The molecule has 4 heteroatoms. The zero-order valence-electron chi connectivity index (χ0n) is 9.33. The van der Waals surface area contributed by atoms with Crippen LogP contribution in [0.1, 0.15) is 13.8 Å². The minimum absolute atomic E-state index is 0.295. The molecule has 0 heterocycles. The highest BCUT2D eigenvalue weighted by molar-refractivity contribution is 5.95. The largest absolute Gasteiger partial charge is 0.385 e. The van der Waals surface area contributed by atoms with Gasteiger partial charge in [-0.3, -0.25) is 9.59 Å². The lowest BCUT2D eigenvalue weighted by Crippen LogP contribution is -2.45. The maximum absolute atomic E-state index is 11.3. The molecule has 2 N–H and O–H groups in total. The number of aliphatic hydroxyl groups is 2. The molecule has 1 aliphatic carbocycles. The maximum atomic E-state index is 11.3. The van der Waals surface area contributed by atoms with Gasteiger partial charge in [0.15, 0.2) is 11.6 Å². The summed E-state index contributed by atoms with van der Waals surface area (Å²) < 4.78 is 0. The summed E-state index contributed by atoms with van der Waals surface area (Å²) in [4.78, 5) is 22.4. The molecular weight excluding hydrogens is 208 g/mol. The van der Waals surface area contributed by atoms with Crippen molar-refractivity contribution in [1.82, 2.24) is 0 Å². The van der Waals surface area contributed by atoms with Crippen LogP contribution in [0.5, 0.6) is 0 Å². The van der Waals surface area contributed by atoms with Crippen molar-refractivity contribution in [3.05, 3.63) is 24.3 Å². The number of aliphatic hydroxyl groups excluding tert-OH is 2. The highest BCUT2D eigenvalue weighted by Crippen LogP contribution is 2.28. The molecule has 0 radical (unpaired) electrons. The predicted octanol–water partition coefficient (Wildman–Crippen LogP) is 0.245. The van der Waals surface area contributed by atoms with Gasteiger partial charge in [0.25, 0.3) is 0 Å². The van der Waals surface area contributed by atoms with Crippen LogP contribution in [-0.2, 0) is 9.59 Å². The van der Waals surface area contributed by atoms with Crippen molar-refractivity contribution in [3.63, 3.8) is 0 Å². The summed E-state index contributed by atoms with van der Waals surface area (Å²) in [5, 5.41) is 19.4. The molecule has 0 aromatic heterocycles. The molecule has 0 aromatic carbocycles. The monoisotopic (exact) mass is 224 g/mol. The Hall–Kier alpha value is -1.26. The van der Waals surface area contributed by atoms with E-state index in [1.54, 1.807) is 25.2 Å². The first-order valence-electron chi connectivity index (χ1n) is 5.20. The van der Waals surface area contributed by atoms with Crippen molar-refractivity contribution in [2.45, 2.75) is 26.1 Å². The van der Waals surface area contributed by atoms with E-state index in [0.29, 0.717) is 0 Å². The lowest BCUT2D eigenvalue weighted by Gasteiger charge is -2.31. The van der Waals surface area contributed by atoms with Gasteiger partial charge in [0.1, 0.15) is 12.2 Å². The summed E-state index contributed by atoms with van der Waals surface area (Å²) in [5.74, 6) is -1.99. The number of hydrogen-bond acceptors (Lipinski definition) is 4. The number of rotatable bonds is 3. The second-order valence-electron chi connectivity index (χ2n) is 3.94. The van der Waals surface area contributed by atoms with Crippen LogP contribution in [-0.4, -0.2) is 34.0 Å². The van der Waals surface area contributed by atoms with Gasteiger partial charge >= 0.3 is 0 Å². The third kappa shape index (κ3) is 2.46. The van der Waals surface area contributed by atoms with E-state index in [1.807, 2.05) is 0 Å². The summed E-state index contributed by atoms with van der Waals surface area (Å²) in [6.45, 7) is 3.04. The van der Waals surface area contributed by atoms with E-state index in [9.17, 15) is 19.8 Å². The zero-order valence-corrected chi connectivity index (χ0v) is 9.33. The molecule has 0 spiro atoms. The first kappa shape index (κ1) is 12.8. The van der Waals surface area contributed by atoms with Gasteiger partial charge in [-0.1, -0.05) is 18.2 Å². The van der Waals surface area contributed by atoms with Gasteiger partial charge in [0.05, 0.1) is 0 Å². The lowest BCUT2D eigenvalue weighted by atomic mass is 9.76. The average Bonchev–Trinajstić information content (AvgIpc) is 2.23. The Kier molecular flexibility index (Phi) is 4.15. The van der Waals surface area contributed by atoms with Crippen LogP contribution in [0.4, 0.5) is 0 Å². The second-order valence-corrected chi connectivity index (χ2v) is 3.94. The normalized spacial score (nSPS) is 32.0. The molecule has 0 unspecified atom stereocenters. The fourth-order valence-electron chi connectivity index (χ4n) is 1.90. The molecule has 0 fully saturated rings. The SMILES string of the molecule is C/C=C/[C@@H]1C=CC(=O)[C@H](O)[C@H]1[C@@H](O)C(C)=O. The van der Waals surface area contributed by atoms with E-state index in [1.165, 1.54) is 13.0 Å². The van der Waals surface area contributed by atoms with E-state index >= 15 is 0 Å². The molecular formula is C12H16O4. The maximum Gasteiger partial charge on any atom is 0.184 e. The average molecular weight is 224 g/mol. The Balaban J connectivity index is 3.03. The van der Waals surface area contributed by atoms with Crippen LogP contribution >= 0.6 is 0 Å². The van der Waals surface area contributed by atoms with Gasteiger partial charge in [0, 0.05) is 11.8 Å². The zero-order chi connectivity index (χ0) is 12.3. The van der Waals surface area contributed by atoms with Gasteiger partial charge in [-0.2, -0.15) is 0 Å². The van der Waals surface area contributed by atoms with E-state index in [2.05, 4.69) is 0 Å². The summed E-state index contributed by atoms with van der Waals surface area (Å²) in [7, 11) is 0. The molecule has 0 bridgehead atoms. The molecule has 1 rings (SSSR count). The molecule has 0 saturated carbocycles. The summed E-state index contributed by atoms with van der Waals surface area (Å²) in [6, 6.07) is 0. The van der Waals surface area contributed by atoms with Crippen molar-refractivity contribution in [1.29, 1.82) is 0 Å². The summed E-state index contributed by atoms with van der Waals surface area (Å²) in [5.41, 5.74) is 0. The van der Waals surface area contributed by atoms with Gasteiger partial charge in [-0.05, 0) is 19.9 Å². The Bertz CT molecular complexity index is 343. The Morgan fingerprint density at radius 1 is 1.56 bits per heavy atom. The minimum atomic E-state index is -1.31. The van der Waals surface area contributed by atoms with E-state index in [4.69, 9.17) is 0 Å². The molecule has 16 heavy (non-hydrogen) atoms. The van der Waals surface area contributed by atoms with Gasteiger partial charge in [-0.25, -0.2) is 0 Å². The number of ketones is 2. The van der Waals surface area contributed by atoms with E-state index < -0.39 is 29.7 Å². The van der Waals surface area contributed by atoms with Gasteiger partial charge < -0.3 is 10.2 Å². The van der Waals surface area contributed by atoms with E-state index in [-0.39, 0.29) is 5.92 Å². The Morgan fingerprint density at radius 3 is 2.69 bits per heavy atom. The molecule has 0 amide bonds. The number of carbonyl (C=O) groups excluding carboxylic acids is 2. The second kappa shape index (κ2) is 5.18. The van der Waals surface area contributed by atoms with Crippen molar-refractivity contribution < 1.29 is 19.8 Å². The van der Waals surface area contributed by atoms with Gasteiger partial charge in [-0.15, -0.1) is 0 Å². The van der Waals surface area contributed by atoms with Crippen LogP contribution < -0.4 is 0 Å². The highest BCUT2D eigenvalue weighted by atomic mass is 16.3. The quantitative estimate of drug-likeness (QED) is 0.674. The number of carbonyl (C=O) groups is 2. The smallest absolute Gasteiger partial charge is 0.184 e. The Morgan fingerprint density at radius 2 is 2.19 bits per heavy atom. The van der Waals surface area contributed by atoms with Crippen molar-refractivity contribution in [2.24, 2.45) is 11.8 Å². The van der Waals surface area contributed by atoms with Crippen LogP contribution in [0.25, 0.3) is 0 Å². The third-order valence-electron chi connectivity index (χ3n) is 2.78.